The van der Waals surface area contributed by atoms with Crippen LogP contribution in [0.2, 0.25) is 5.02 Å². The Bertz CT molecular complexity index is 754. The third kappa shape index (κ3) is 4.34. The van der Waals surface area contributed by atoms with Crippen molar-refractivity contribution in [3.8, 4) is 0 Å². The molecule has 0 heterocycles. The van der Waals surface area contributed by atoms with Crippen molar-refractivity contribution in [2.24, 2.45) is 0 Å². The molecule has 0 bridgehead atoms. The lowest BCUT2D eigenvalue weighted by atomic mass is 10.1. The van der Waals surface area contributed by atoms with Crippen molar-refractivity contribution < 1.29 is 13.5 Å². The standard InChI is InChI=1S/C16H14Cl2O3S/c17-13-8-6-12(7-9-13)16(19)15(18)10-11-22(20,21)14-4-2-1-3-5-14/h1-10,16,19H,11H2/b15-10-. The van der Waals surface area contributed by atoms with Gasteiger partial charge in [0.05, 0.1) is 10.6 Å². The predicted molar refractivity (Wildman–Crippen MR) is 88.8 cm³/mol. The monoisotopic (exact) mass is 356 g/mol. The highest BCUT2D eigenvalue weighted by Gasteiger charge is 2.15. The molecule has 0 spiro atoms. The van der Waals surface area contributed by atoms with Crippen molar-refractivity contribution in [3.05, 3.63) is 76.3 Å². The van der Waals surface area contributed by atoms with E-state index in [1.165, 1.54) is 18.2 Å². The number of aliphatic hydroxyl groups excluding tert-OH is 1. The summed E-state index contributed by atoms with van der Waals surface area (Å²) < 4.78 is 24.3. The lowest BCUT2D eigenvalue weighted by Crippen LogP contribution is -2.06. The zero-order chi connectivity index (χ0) is 16.2. The molecule has 1 atom stereocenters. The minimum Gasteiger partial charge on any atom is -0.383 e. The Morgan fingerprint density at radius 3 is 2.27 bits per heavy atom. The third-order valence-electron chi connectivity index (χ3n) is 3.05. The van der Waals surface area contributed by atoms with Gasteiger partial charge in [0.25, 0.3) is 0 Å². The fourth-order valence-electron chi connectivity index (χ4n) is 1.83. The average Bonchev–Trinajstić information content (AvgIpc) is 2.53. The van der Waals surface area contributed by atoms with Gasteiger partial charge in [-0.05, 0) is 29.8 Å². The molecule has 1 N–H and O–H groups in total. The van der Waals surface area contributed by atoms with Crippen LogP contribution in [0.25, 0.3) is 0 Å². The molecule has 0 saturated carbocycles. The minimum absolute atomic E-state index is 0.0572. The van der Waals surface area contributed by atoms with Crippen molar-refractivity contribution in [1.82, 2.24) is 0 Å². The number of rotatable bonds is 5. The van der Waals surface area contributed by atoms with Crippen molar-refractivity contribution in [2.45, 2.75) is 11.0 Å². The Morgan fingerprint density at radius 2 is 1.68 bits per heavy atom. The molecule has 0 amide bonds. The van der Waals surface area contributed by atoms with Crippen molar-refractivity contribution in [3.63, 3.8) is 0 Å². The fourth-order valence-corrected chi connectivity index (χ4v) is 3.41. The molecule has 2 aromatic rings. The lowest BCUT2D eigenvalue weighted by molar-refractivity contribution is 0.224. The number of aliphatic hydroxyl groups is 1. The zero-order valence-electron chi connectivity index (χ0n) is 11.5. The Kier molecular flexibility index (Phi) is 5.64. The fraction of sp³-hybridized carbons (Fsp3) is 0.125. The molecule has 1 unspecified atom stereocenters. The van der Waals surface area contributed by atoms with E-state index in [1.807, 2.05) is 0 Å². The lowest BCUT2D eigenvalue weighted by Gasteiger charge is -2.10. The van der Waals surface area contributed by atoms with Gasteiger partial charge in [-0.25, -0.2) is 8.42 Å². The minimum atomic E-state index is -3.47. The molecule has 0 saturated heterocycles. The Hall–Kier alpha value is -1.33. The van der Waals surface area contributed by atoms with Crippen LogP contribution >= 0.6 is 23.2 Å². The largest absolute Gasteiger partial charge is 0.383 e. The van der Waals surface area contributed by atoms with Crippen molar-refractivity contribution in [1.29, 1.82) is 0 Å². The summed E-state index contributed by atoms with van der Waals surface area (Å²) in [6.45, 7) is 0. The first-order valence-electron chi connectivity index (χ1n) is 6.47. The summed E-state index contributed by atoms with van der Waals surface area (Å²) in [6.07, 6.45) is 0.230. The van der Waals surface area contributed by atoms with Gasteiger partial charge in [0.15, 0.2) is 9.84 Å². The quantitative estimate of drug-likeness (QED) is 0.881. The maximum atomic E-state index is 12.1. The molecular formula is C16H14Cl2O3S. The van der Waals surface area contributed by atoms with Gasteiger partial charge in [-0.2, -0.15) is 0 Å². The number of benzene rings is 2. The highest BCUT2D eigenvalue weighted by molar-refractivity contribution is 7.91. The second-order valence-corrected chi connectivity index (χ2v) is 7.54. The van der Waals surface area contributed by atoms with Gasteiger partial charge in [-0.15, -0.1) is 0 Å². The van der Waals surface area contributed by atoms with Crippen molar-refractivity contribution in [2.75, 3.05) is 5.75 Å². The van der Waals surface area contributed by atoms with Gasteiger partial charge in [-0.1, -0.05) is 59.6 Å². The second-order valence-electron chi connectivity index (χ2n) is 4.64. The van der Waals surface area contributed by atoms with Crippen LogP contribution in [0.5, 0.6) is 0 Å². The Labute approximate surface area is 139 Å². The van der Waals surface area contributed by atoms with Crippen LogP contribution in [0.4, 0.5) is 0 Å². The molecule has 0 fully saturated rings. The summed E-state index contributed by atoms with van der Waals surface area (Å²) in [5.41, 5.74) is 0.544. The van der Waals surface area contributed by atoms with Crippen LogP contribution in [0.15, 0.2) is 70.6 Å². The zero-order valence-corrected chi connectivity index (χ0v) is 13.8. The molecule has 0 aliphatic rings. The van der Waals surface area contributed by atoms with E-state index in [4.69, 9.17) is 23.2 Å². The average molecular weight is 357 g/mol. The third-order valence-corrected chi connectivity index (χ3v) is 5.26. The summed E-state index contributed by atoms with van der Waals surface area (Å²) in [4.78, 5) is 0.219. The van der Waals surface area contributed by atoms with E-state index in [2.05, 4.69) is 0 Å². The van der Waals surface area contributed by atoms with E-state index in [1.54, 1.807) is 42.5 Å². The summed E-state index contributed by atoms with van der Waals surface area (Å²) in [6, 6.07) is 14.6. The van der Waals surface area contributed by atoms with E-state index in [-0.39, 0.29) is 15.7 Å². The van der Waals surface area contributed by atoms with E-state index in [0.29, 0.717) is 10.6 Å². The molecular weight excluding hydrogens is 343 g/mol. The summed E-state index contributed by atoms with van der Waals surface area (Å²) in [5.74, 6) is -0.277. The summed E-state index contributed by atoms with van der Waals surface area (Å²) in [7, 11) is -3.47. The SMILES string of the molecule is O=S(=O)(C/C=C(\Cl)C(O)c1ccc(Cl)cc1)c1ccccc1. The number of hydrogen-bond donors (Lipinski definition) is 1. The summed E-state index contributed by atoms with van der Waals surface area (Å²) >= 11 is 11.8. The maximum absolute atomic E-state index is 12.1. The second kappa shape index (κ2) is 7.29. The van der Waals surface area contributed by atoms with Crippen LogP contribution < -0.4 is 0 Å². The van der Waals surface area contributed by atoms with Gasteiger partial charge in [0.1, 0.15) is 6.10 Å². The Morgan fingerprint density at radius 1 is 1.09 bits per heavy atom. The van der Waals surface area contributed by atoms with Crippen LogP contribution in [-0.2, 0) is 9.84 Å². The highest BCUT2D eigenvalue weighted by Crippen LogP contribution is 2.26. The van der Waals surface area contributed by atoms with Crippen LogP contribution in [0, 0.1) is 0 Å². The van der Waals surface area contributed by atoms with E-state index in [0.717, 1.165) is 0 Å². The molecule has 3 nitrogen and oxygen atoms in total. The molecule has 22 heavy (non-hydrogen) atoms. The molecule has 2 aromatic carbocycles. The molecule has 116 valence electrons. The maximum Gasteiger partial charge on any atom is 0.181 e. The van der Waals surface area contributed by atoms with E-state index < -0.39 is 15.9 Å². The normalized spacial score (nSPS) is 13.9. The van der Waals surface area contributed by atoms with Gasteiger partial charge in [0, 0.05) is 10.1 Å². The van der Waals surface area contributed by atoms with Gasteiger partial charge < -0.3 is 5.11 Å². The van der Waals surface area contributed by atoms with Gasteiger partial charge in [-0.3, -0.25) is 0 Å². The van der Waals surface area contributed by atoms with E-state index in [9.17, 15) is 13.5 Å². The smallest absolute Gasteiger partial charge is 0.181 e. The van der Waals surface area contributed by atoms with E-state index >= 15 is 0 Å². The first kappa shape index (κ1) is 17.0. The van der Waals surface area contributed by atoms with Gasteiger partial charge >= 0.3 is 0 Å². The molecule has 0 radical (unpaired) electrons. The summed E-state index contributed by atoms with van der Waals surface area (Å²) in [5, 5.41) is 10.7. The molecule has 2 rings (SSSR count). The topological polar surface area (TPSA) is 54.4 Å². The first-order chi connectivity index (χ1) is 10.4. The van der Waals surface area contributed by atoms with Gasteiger partial charge in [0.2, 0.25) is 0 Å². The highest BCUT2D eigenvalue weighted by atomic mass is 35.5. The molecule has 0 aromatic heterocycles. The molecule has 0 aliphatic heterocycles. The van der Waals surface area contributed by atoms with Crippen LogP contribution in [0.1, 0.15) is 11.7 Å². The van der Waals surface area contributed by atoms with Crippen LogP contribution in [0.3, 0.4) is 0 Å². The predicted octanol–water partition coefficient (Wildman–Crippen LogP) is 3.97. The molecule has 0 aliphatic carbocycles. The number of sulfone groups is 1. The number of halogens is 2. The van der Waals surface area contributed by atoms with Crippen LogP contribution in [-0.4, -0.2) is 19.3 Å². The Balaban J connectivity index is 2.14. The number of hydrogen-bond acceptors (Lipinski definition) is 3. The van der Waals surface area contributed by atoms with Crippen molar-refractivity contribution >= 4 is 33.0 Å². The first-order valence-corrected chi connectivity index (χ1v) is 8.88. The molecule has 6 heteroatoms.